The van der Waals surface area contributed by atoms with E-state index in [0.717, 1.165) is 12.8 Å². The van der Waals surface area contributed by atoms with Gasteiger partial charge in [-0.25, -0.2) is 4.68 Å². The van der Waals surface area contributed by atoms with E-state index < -0.39 is 0 Å². The molecule has 1 atom stereocenters. The zero-order valence-electron chi connectivity index (χ0n) is 11.9. The summed E-state index contributed by atoms with van der Waals surface area (Å²) >= 11 is 3.31. The molecule has 6 nitrogen and oxygen atoms in total. The van der Waals surface area contributed by atoms with Crippen LogP contribution in [0.3, 0.4) is 0 Å². The third-order valence-electron chi connectivity index (χ3n) is 2.91. The summed E-state index contributed by atoms with van der Waals surface area (Å²) in [5, 5.41) is 16.3. The molecule has 0 radical (unpaired) electrons. The van der Waals surface area contributed by atoms with Crippen molar-refractivity contribution in [1.29, 1.82) is 0 Å². The molecule has 0 amide bonds. The highest BCUT2D eigenvalue weighted by molar-refractivity contribution is 9.10. The first-order chi connectivity index (χ1) is 9.63. The minimum absolute atomic E-state index is 0.0552. The lowest BCUT2D eigenvalue weighted by atomic mass is 10.2. The van der Waals surface area contributed by atoms with Gasteiger partial charge in [-0.05, 0) is 28.8 Å². The molecule has 0 fully saturated rings. The van der Waals surface area contributed by atoms with Crippen LogP contribution in [0.15, 0.2) is 15.5 Å². The standard InChI is InChI=1S/C13H22BrN3O3/c1-3-4-6-17-13(19)12(14)11(8-15-17)16-10(5-7-18)9-20-2/h8,10,16,18H,3-7,9H2,1-2H3. The van der Waals surface area contributed by atoms with Crippen molar-refractivity contribution in [2.24, 2.45) is 0 Å². The lowest BCUT2D eigenvalue weighted by Gasteiger charge is -2.19. The van der Waals surface area contributed by atoms with Gasteiger partial charge in [0.05, 0.1) is 24.5 Å². The average Bonchev–Trinajstić information content (AvgIpc) is 2.43. The molecule has 0 bridgehead atoms. The van der Waals surface area contributed by atoms with E-state index in [1.165, 1.54) is 4.68 Å². The third kappa shape index (κ3) is 4.88. The smallest absolute Gasteiger partial charge is 0.283 e. The third-order valence-corrected chi connectivity index (χ3v) is 3.68. The number of nitrogens with zero attached hydrogens (tertiary/aromatic N) is 2. The van der Waals surface area contributed by atoms with Crippen LogP contribution >= 0.6 is 15.9 Å². The minimum Gasteiger partial charge on any atom is -0.396 e. The van der Waals surface area contributed by atoms with Gasteiger partial charge >= 0.3 is 0 Å². The molecule has 1 aromatic heterocycles. The van der Waals surface area contributed by atoms with Crippen LogP contribution in [-0.4, -0.2) is 41.3 Å². The molecule has 1 aromatic rings. The Morgan fingerprint density at radius 2 is 2.35 bits per heavy atom. The van der Waals surface area contributed by atoms with Crippen LogP contribution in [0, 0.1) is 0 Å². The fraction of sp³-hybridized carbons (Fsp3) is 0.692. The topological polar surface area (TPSA) is 76.4 Å². The zero-order chi connectivity index (χ0) is 15.0. The molecule has 0 aliphatic carbocycles. The number of ether oxygens (including phenoxy) is 1. The normalized spacial score (nSPS) is 12.4. The Kier molecular flexibility index (Phi) is 7.79. The number of anilines is 1. The van der Waals surface area contributed by atoms with Crippen LogP contribution in [0.2, 0.25) is 0 Å². The quantitative estimate of drug-likeness (QED) is 0.709. The number of methoxy groups -OCH3 is 1. The van der Waals surface area contributed by atoms with Crippen LogP contribution in [0.5, 0.6) is 0 Å². The van der Waals surface area contributed by atoms with Crippen LogP contribution in [-0.2, 0) is 11.3 Å². The fourth-order valence-corrected chi connectivity index (χ4v) is 2.23. The Morgan fingerprint density at radius 1 is 1.60 bits per heavy atom. The Bertz CT molecular complexity index is 459. The predicted octanol–water partition coefficient (Wildman–Crippen LogP) is 1.62. The highest BCUT2D eigenvalue weighted by atomic mass is 79.9. The molecule has 7 heteroatoms. The second-order valence-corrected chi connectivity index (χ2v) is 5.36. The number of rotatable bonds is 9. The van der Waals surface area contributed by atoms with Gasteiger partial charge in [-0.1, -0.05) is 13.3 Å². The van der Waals surface area contributed by atoms with Crippen molar-refractivity contribution >= 4 is 21.6 Å². The fourth-order valence-electron chi connectivity index (χ4n) is 1.81. The molecule has 0 aromatic carbocycles. The van der Waals surface area contributed by atoms with Gasteiger partial charge in [0, 0.05) is 20.3 Å². The summed E-state index contributed by atoms with van der Waals surface area (Å²) in [4.78, 5) is 12.1. The molecular weight excluding hydrogens is 326 g/mol. The minimum atomic E-state index is -0.149. The van der Waals surface area contributed by atoms with Crippen molar-refractivity contribution in [3.8, 4) is 0 Å². The first-order valence-electron chi connectivity index (χ1n) is 6.76. The van der Waals surface area contributed by atoms with Crippen molar-refractivity contribution in [1.82, 2.24) is 9.78 Å². The zero-order valence-corrected chi connectivity index (χ0v) is 13.5. The number of aliphatic hydroxyl groups excluding tert-OH is 1. The maximum absolute atomic E-state index is 12.1. The second-order valence-electron chi connectivity index (χ2n) is 4.56. The van der Waals surface area contributed by atoms with Crippen molar-refractivity contribution in [2.45, 2.75) is 38.8 Å². The summed E-state index contributed by atoms with van der Waals surface area (Å²) in [5.74, 6) is 0. The van der Waals surface area contributed by atoms with Crippen molar-refractivity contribution in [3.05, 3.63) is 21.0 Å². The van der Waals surface area contributed by atoms with E-state index in [1.807, 2.05) is 0 Å². The lowest BCUT2D eigenvalue weighted by Crippen LogP contribution is -2.29. The summed E-state index contributed by atoms with van der Waals surface area (Å²) in [7, 11) is 1.60. The molecule has 1 heterocycles. The molecule has 2 N–H and O–H groups in total. The van der Waals surface area contributed by atoms with E-state index in [4.69, 9.17) is 9.84 Å². The summed E-state index contributed by atoms with van der Waals surface area (Å²) in [5.41, 5.74) is 0.474. The SMILES string of the molecule is CCCCn1ncc(NC(CCO)COC)c(Br)c1=O. The Hall–Kier alpha value is -0.920. The summed E-state index contributed by atoms with van der Waals surface area (Å²) in [6.45, 7) is 3.19. The van der Waals surface area contributed by atoms with E-state index >= 15 is 0 Å². The van der Waals surface area contributed by atoms with Crippen LogP contribution in [0.25, 0.3) is 0 Å². The van der Waals surface area contributed by atoms with Gasteiger partial charge in [0.2, 0.25) is 0 Å². The number of hydrogen-bond donors (Lipinski definition) is 2. The molecule has 0 spiro atoms. The van der Waals surface area contributed by atoms with E-state index in [2.05, 4.69) is 33.3 Å². The van der Waals surface area contributed by atoms with Gasteiger partial charge in [-0.15, -0.1) is 0 Å². The monoisotopic (exact) mass is 347 g/mol. The van der Waals surface area contributed by atoms with Crippen molar-refractivity contribution < 1.29 is 9.84 Å². The number of aliphatic hydroxyl groups is 1. The predicted molar refractivity (Wildman–Crippen MR) is 82.1 cm³/mol. The number of aryl methyl sites for hydroxylation is 1. The maximum atomic E-state index is 12.1. The Morgan fingerprint density at radius 3 is 2.95 bits per heavy atom. The number of unbranched alkanes of at least 4 members (excludes halogenated alkanes) is 1. The van der Waals surface area contributed by atoms with Gasteiger partial charge < -0.3 is 15.2 Å². The van der Waals surface area contributed by atoms with Crippen LogP contribution < -0.4 is 10.9 Å². The largest absolute Gasteiger partial charge is 0.396 e. The highest BCUT2D eigenvalue weighted by Gasteiger charge is 2.13. The molecular formula is C13H22BrN3O3. The van der Waals surface area contributed by atoms with Crippen molar-refractivity contribution in [3.63, 3.8) is 0 Å². The van der Waals surface area contributed by atoms with Gasteiger partial charge in [0.1, 0.15) is 4.47 Å². The number of nitrogens with one attached hydrogen (secondary N) is 1. The average molecular weight is 348 g/mol. The number of aromatic nitrogens is 2. The summed E-state index contributed by atoms with van der Waals surface area (Å²) in [6, 6.07) is -0.0611. The van der Waals surface area contributed by atoms with Gasteiger partial charge in [0.15, 0.2) is 0 Å². The molecule has 114 valence electrons. The molecule has 0 saturated heterocycles. The van der Waals surface area contributed by atoms with Crippen LogP contribution in [0.1, 0.15) is 26.2 Å². The number of hydrogen-bond acceptors (Lipinski definition) is 5. The van der Waals surface area contributed by atoms with E-state index in [9.17, 15) is 4.79 Å². The number of halogens is 1. The highest BCUT2D eigenvalue weighted by Crippen LogP contribution is 2.18. The van der Waals surface area contributed by atoms with Gasteiger partial charge in [0.25, 0.3) is 5.56 Å². The van der Waals surface area contributed by atoms with E-state index in [-0.39, 0.29) is 18.2 Å². The maximum Gasteiger partial charge on any atom is 0.283 e. The van der Waals surface area contributed by atoms with E-state index in [0.29, 0.717) is 29.7 Å². The second kappa shape index (κ2) is 9.10. The Labute approximate surface area is 127 Å². The van der Waals surface area contributed by atoms with Gasteiger partial charge in [-0.2, -0.15) is 5.10 Å². The molecule has 20 heavy (non-hydrogen) atoms. The van der Waals surface area contributed by atoms with Crippen molar-refractivity contribution in [2.75, 3.05) is 25.6 Å². The molecule has 0 aliphatic rings. The summed E-state index contributed by atoms with van der Waals surface area (Å²) in [6.07, 6.45) is 4.10. The first kappa shape index (κ1) is 17.1. The van der Waals surface area contributed by atoms with Gasteiger partial charge in [-0.3, -0.25) is 4.79 Å². The molecule has 1 unspecified atom stereocenters. The molecule has 1 rings (SSSR count). The lowest BCUT2D eigenvalue weighted by molar-refractivity contribution is 0.170. The molecule has 0 aliphatic heterocycles. The first-order valence-corrected chi connectivity index (χ1v) is 7.55. The molecule has 0 saturated carbocycles. The summed E-state index contributed by atoms with van der Waals surface area (Å²) < 4.78 is 7.00. The Balaban J connectivity index is 2.85. The van der Waals surface area contributed by atoms with E-state index in [1.54, 1.807) is 13.3 Å². The van der Waals surface area contributed by atoms with Crippen LogP contribution in [0.4, 0.5) is 5.69 Å².